The number of methoxy groups -OCH3 is 2. The van der Waals surface area contributed by atoms with E-state index in [2.05, 4.69) is 0 Å². The van der Waals surface area contributed by atoms with Gasteiger partial charge >= 0.3 is 5.97 Å². The molecule has 1 aromatic carbocycles. The summed E-state index contributed by atoms with van der Waals surface area (Å²) in [4.78, 5) is 23.8. The first kappa shape index (κ1) is 16.3. The SMILES string of the molecule is CCC(=O)CC1(C(=O)OCc2ccc(OC)cc2OC)CC1. The lowest BCUT2D eigenvalue weighted by Crippen LogP contribution is -2.22. The number of ether oxygens (including phenoxy) is 3. The van der Waals surface area contributed by atoms with Gasteiger partial charge in [0, 0.05) is 24.5 Å². The molecule has 0 unspecified atom stereocenters. The van der Waals surface area contributed by atoms with Gasteiger partial charge in [0.2, 0.25) is 0 Å². The Hall–Kier alpha value is -2.04. The van der Waals surface area contributed by atoms with Crippen molar-refractivity contribution in [3.8, 4) is 11.5 Å². The largest absolute Gasteiger partial charge is 0.497 e. The summed E-state index contributed by atoms with van der Waals surface area (Å²) in [5.41, 5.74) is 0.196. The second kappa shape index (κ2) is 6.81. The smallest absolute Gasteiger partial charge is 0.312 e. The molecule has 1 aliphatic carbocycles. The topological polar surface area (TPSA) is 61.8 Å². The predicted molar refractivity (Wildman–Crippen MR) is 80.9 cm³/mol. The van der Waals surface area contributed by atoms with Crippen molar-refractivity contribution in [2.45, 2.75) is 39.2 Å². The number of benzene rings is 1. The van der Waals surface area contributed by atoms with Crippen LogP contribution in [0.4, 0.5) is 0 Å². The summed E-state index contributed by atoms with van der Waals surface area (Å²) in [6.45, 7) is 1.94. The standard InChI is InChI=1S/C17H22O5/c1-4-13(18)10-17(7-8-17)16(19)22-11-12-5-6-14(20-2)9-15(12)21-3/h5-6,9H,4,7-8,10-11H2,1-3H3. The maximum Gasteiger partial charge on any atom is 0.312 e. The highest BCUT2D eigenvalue weighted by Crippen LogP contribution is 2.50. The summed E-state index contributed by atoms with van der Waals surface area (Å²) in [7, 11) is 3.14. The molecule has 5 nitrogen and oxygen atoms in total. The molecule has 1 aliphatic rings. The fourth-order valence-corrected chi connectivity index (χ4v) is 2.37. The molecule has 5 heteroatoms. The van der Waals surface area contributed by atoms with E-state index in [-0.39, 0.29) is 18.4 Å². The van der Waals surface area contributed by atoms with Crippen LogP contribution in [0, 0.1) is 5.41 Å². The molecule has 120 valence electrons. The van der Waals surface area contributed by atoms with E-state index in [0.29, 0.717) is 24.3 Å². The van der Waals surface area contributed by atoms with Crippen molar-refractivity contribution < 1.29 is 23.8 Å². The van der Waals surface area contributed by atoms with Crippen LogP contribution in [0.5, 0.6) is 11.5 Å². The molecule has 1 fully saturated rings. The Labute approximate surface area is 130 Å². The van der Waals surface area contributed by atoms with Gasteiger partial charge in [-0.3, -0.25) is 9.59 Å². The van der Waals surface area contributed by atoms with Crippen LogP contribution in [-0.2, 0) is 20.9 Å². The fourth-order valence-electron chi connectivity index (χ4n) is 2.37. The van der Waals surface area contributed by atoms with Gasteiger partial charge in [-0.15, -0.1) is 0 Å². The van der Waals surface area contributed by atoms with Gasteiger partial charge in [-0.25, -0.2) is 0 Å². The Kier molecular flexibility index (Phi) is 5.06. The molecule has 1 aromatic rings. The van der Waals surface area contributed by atoms with E-state index >= 15 is 0 Å². The minimum absolute atomic E-state index is 0.108. The van der Waals surface area contributed by atoms with Crippen LogP contribution in [0.3, 0.4) is 0 Å². The molecule has 0 atom stereocenters. The van der Waals surface area contributed by atoms with E-state index in [1.54, 1.807) is 26.4 Å². The molecule has 2 rings (SSSR count). The number of esters is 1. The van der Waals surface area contributed by atoms with Gasteiger partial charge in [-0.2, -0.15) is 0 Å². The molecule has 0 radical (unpaired) electrons. The zero-order chi connectivity index (χ0) is 16.2. The third-order valence-corrected chi connectivity index (χ3v) is 4.07. The van der Waals surface area contributed by atoms with E-state index in [0.717, 1.165) is 18.4 Å². The van der Waals surface area contributed by atoms with Crippen LogP contribution in [0.25, 0.3) is 0 Å². The Balaban J connectivity index is 1.98. The van der Waals surface area contributed by atoms with Gasteiger partial charge in [0.15, 0.2) is 0 Å². The molecule has 0 amide bonds. The Bertz CT molecular complexity index is 560. The summed E-state index contributed by atoms with van der Waals surface area (Å²) < 4.78 is 15.8. The van der Waals surface area contributed by atoms with E-state index < -0.39 is 5.41 Å². The third-order valence-electron chi connectivity index (χ3n) is 4.07. The molecular weight excluding hydrogens is 284 g/mol. The fraction of sp³-hybridized carbons (Fsp3) is 0.529. The average molecular weight is 306 g/mol. The molecule has 1 saturated carbocycles. The average Bonchev–Trinajstić information content (AvgIpc) is 3.32. The zero-order valence-electron chi connectivity index (χ0n) is 13.3. The summed E-state index contributed by atoms with van der Waals surface area (Å²) in [5.74, 6) is 1.12. The number of rotatable bonds is 8. The van der Waals surface area contributed by atoms with Gasteiger partial charge in [0.25, 0.3) is 0 Å². The molecule has 0 aromatic heterocycles. The highest BCUT2D eigenvalue weighted by molar-refractivity contribution is 5.88. The lowest BCUT2D eigenvalue weighted by atomic mass is 9.98. The second-order valence-corrected chi connectivity index (χ2v) is 5.60. The molecule has 0 N–H and O–H groups in total. The van der Waals surface area contributed by atoms with Crippen molar-refractivity contribution in [1.29, 1.82) is 0 Å². The molecular formula is C17H22O5. The predicted octanol–water partition coefficient (Wildman–Crippen LogP) is 2.90. The van der Waals surface area contributed by atoms with Crippen LogP contribution < -0.4 is 9.47 Å². The second-order valence-electron chi connectivity index (χ2n) is 5.60. The zero-order valence-corrected chi connectivity index (χ0v) is 13.3. The van der Waals surface area contributed by atoms with E-state index in [9.17, 15) is 9.59 Å². The highest BCUT2D eigenvalue weighted by atomic mass is 16.5. The number of hydrogen-bond donors (Lipinski definition) is 0. The first-order valence-corrected chi connectivity index (χ1v) is 7.44. The Morgan fingerprint density at radius 2 is 1.91 bits per heavy atom. The van der Waals surface area contributed by atoms with Crippen molar-refractivity contribution in [2.24, 2.45) is 5.41 Å². The monoisotopic (exact) mass is 306 g/mol. The third kappa shape index (κ3) is 3.59. The van der Waals surface area contributed by atoms with Gasteiger partial charge in [0.05, 0.1) is 19.6 Å². The number of carbonyl (C=O) groups excluding carboxylic acids is 2. The lowest BCUT2D eigenvalue weighted by Gasteiger charge is -2.15. The number of hydrogen-bond acceptors (Lipinski definition) is 5. The molecule has 0 spiro atoms. The van der Waals surface area contributed by atoms with E-state index in [1.165, 1.54) is 0 Å². The van der Waals surface area contributed by atoms with Crippen LogP contribution in [0.1, 0.15) is 38.2 Å². The van der Waals surface area contributed by atoms with Crippen molar-refractivity contribution in [2.75, 3.05) is 14.2 Å². The van der Waals surface area contributed by atoms with Gasteiger partial charge in [-0.05, 0) is 25.0 Å². The summed E-state index contributed by atoms with van der Waals surface area (Å²) >= 11 is 0. The highest BCUT2D eigenvalue weighted by Gasteiger charge is 2.52. The summed E-state index contributed by atoms with van der Waals surface area (Å²) in [6.07, 6.45) is 2.22. The maximum atomic E-state index is 12.2. The van der Waals surface area contributed by atoms with Gasteiger partial charge < -0.3 is 14.2 Å². The van der Waals surface area contributed by atoms with Crippen LogP contribution in [0.2, 0.25) is 0 Å². The number of Topliss-reactive ketones (excluding diaryl/α,β-unsaturated/α-hetero) is 1. The van der Waals surface area contributed by atoms with E-state index in [1.807, 2.05) is 13.0 Å². The van der Waals surface area contributed by atoms with Crippen molar-refractivity contribution in [3.05, 3.63) is 23.8 Å². The minimum Gasteiger partial charge on any atom is -0.497 e. The summed E-state index contributed by atoms with van der Waals surface area (Å²) in [6, 6.07) is 5.34. The van der Waals surface area contributed by atoms with Crippen molar-refractivity contribution in [3.63, 3.8) is 0 Å². The van der Waals surface area contributed by atoms with Crippen LogP contribution in [0.15, 0.2) is 18.2 Å². The molecule has 0 aliphatic heterocycles. The first-order chi connectivity index (χ1) is 10.5. The first-order valence-electron chi connectivity index (χ1n) is 7.44. The molecule has 0 saturated heterocycles. The molecule has 0 heterocycles. The summed E-state index contributed by atoms with van der Waals surface area (Å²) in [5, 5.41) is 0. The van der Waals surface area contributed by atoms with Crippen LogP contribution >= 0.6 is 0 Å². The normalized spacial score (nSPS) is 15.0. The molecule has 0 bridgehead atoms. The Morgan fingerprint density at radius 3 is 2.45 bits per heavy atom. The minimum atomic E-state index is -0.577. The van der Waals surface area contributed by atoms with Crippen molar-refractivity contribution >= 4 is 11.8 Å². The van der Waals surface area contributed by atoms with Gasteiger partial charge in [0.1, 0.15) is 23.9 Å². The lowest BCUT2D eigenvalue weighted by molar-refractivity contribution is -0.153. The van der Waals surface area contributed by atoms with Gasteiger partial charge in [-0.1, -0.05) is 6.92 Å². The van der Waals surface area contributed by atoms with Crippen LogP contribution in [-0.4, -0.2) is 26.0 Å². The Morgan fingerprint density at radius 1 is 1.18 bits per heavy atom. The van der Waals surface area contributed by atoms with Crippen molar-refractivity contribution in [1.82, 2.24) is 0 Å². The number of ketones is 1. The molecule has 22 heavy (non-hydrogen) atoms. The quantitative estimate of drug-likeness (QED) is 0.691. The maximum absolute atomic E-state index is 12.2. The number of carbonyl (C=O) groups is 2. The van der Waals surface area contributed by atoms with E-state index in [4.69, 9.17) is 14.2 Å².